The van der Waals surface area contributed by atoms with Crippen LogP contribution in [0.2, 0.25) is 0 Å². The Labute approximate surface area is 88.0 Å². The summed E-state index contributed by atoms with van der Waals surface area (Å²) in [5.74, 6) is 1.94. The number of aliphatic imine (C=N–C) groups is 1. The molecule has 0 unspecified atom stereocenters. The highest BCUT2D eigenvalue weighted by atomic mass is 32.2. The Balaban J connectivity index is 2.21. The number of pyridine rings is 1. The highest BCUT2D eigenvalue weighted by Gasteiger charge is 2.14. The SMILES string of the molecule is CC(C)N=C1CSc2ncccc2N1. The number of rotatable bonds is 1. The highest BCUT2D eigenvalue weighted by molar-refractivity contribution is 8.00. The van der Waals surface area contributed by atoms with Crippen molar-refractivity contribution >= 4 is 23.3 Å². The molecule has 0 saturated heterocycles. The van der Waals surface area contributed by atoms with Crippen LogP contribution in [0.4, 0.5) is 5.69 Å². The molecule has 2 heterocycles. The summed E-state index contributed by atoms with van der Waals surface area (Å²) in [5.41, 5.74) is 1.07. The number of aromatic nitrogens is 1. The predicted octanol–water partition coefficient (Wildman–Crippen LogP) is 2.41. The van der Waals surface area contributed by atoms with Crippen LogP contribution in [0.3, 0.4) is 0 Å². The third-order valence-corrected chi connectivity index (χ3v) is 2.83. The molecule has 0 bridgehead atoms. The van der Waals surface area contributed by atoms with E-state index < -0.39 is 0 Å². The molecule has 0 radical (unpaired) electrons. The van der Waals surface area contributed by atoms with Gasteiger partial charge in [-0.1, -0.05) is 11.8 Å². The first kappa shape index (κ1) is 9.52. The van der Waals surface area contributed by atoms with Crippen LogP contribution in [0.15, 0.2) is 28.3 Å². The Morgan fingerprint density at radius 1 is 1.57 bits per heavy atom. The quantitative estimate of drug-likeness (QED) is 0.768. The average Bonchev–Trinajstić information content (AvgIpc) is 2.17. The van der Waals surface area contributed by atoms with Crippen LogP contribution in [0.1, 0.15) is 13.8 Å². The lowest BCUT2D eigenvalue weighted by molar-refractivity contribution is 0.834. The van der Waals surface area contributed by atoms with Gasteiger partial charge in [0.05, 0.1) is 11.4 Å². The van der Waals surface area contributed by atoms with Crippen LogP contribution in [-0.2, 0) is 0 Å². The summed E-state index contributed by atoms with van der Waals surface area (Å²) < 4.78 is 0. The number of thioether (sulfide) groups is 1. The first-order chi connectivity index (χ1) is 6.75. The van der Waals surface area contributed by atoms with Gasteiger partial charge in [-0.05, 0) is 26.0 Å². The van der Waals surface area contributed by atoms with Crippen LogP contribution in [0.5, 0.6) is 0 Å². The number of hydrogen-bond donors (Lipinski definition) is 1. The first-order valence-electron chi connectivity index (χ1n) is 4.67. The number of nitrogens with zero attached hydrogens (tertiary/aromatic N) is 2. The molecular formula is C10H13N3S. The number of nitrogens with one attached hydrogen (secondary N) is 1. The van der Waals surface area contributed by atoms with Gasteiger partial charge in [0.25, 0.3) is 0 Å². The summed E-state index contributed by atoms with van der Waals surface area (Å²) in [5, 5.41) is 4.36. The summed E-state index contributed by atoms with van der Waals surface area (Å²) in [6, 6.07) is 4.31. The van der Waals surface area contributed by atoms with E-state index in [1.54, 1.807) is 11.8 Å². The minimum Gasteiger partial charge on any atom is -0.341 e. The maximum absolute atomic E-state index is 4.49. The smallest absolute Gasteiger partial charge is 0.120 e. The summed E-state index contributed by atoms with van der Waals surface area (Å²) in [4.78, 5) is 8.77. The van der Waals surface area contributed by atoms with Gasteiger partial charge in [0.1, 0.15) is 10.9 Å². The molecule has 1 N–H and O–H groups in total. The topological polar surface area (TPSA) is 37.3 Å². The van der Waals surface area contributed by atoms with Crippen molar-refractivity contribution < 1.29 is 0 Å². The van der Waals surface area contributed by atoms with Gasteiger partial charge in [0.15, 0.2) is 0 Å². The molecule has 4 heteroatoms. The molecule has 2 rings (SSSR count). The zero-order valence-electron chi connectivity index (χ0n) is 8.32. The Hall–Kier alpha value is -1.03. The minimum absolute atomic E-state index is 0.344. The van der Waals surface area contributed by atoms with Crippen LogP contribution in [-0.4, -0.2) is 22.6 Å². The van der Waals surface area contributed by atoms with Gasteiger partial charge >= 0.3 is 0 Å². The lowest BCUT2D eigenvalue weighted by atomic mass is 10.4. The molecule has 1 aliphatic heterocycles. The van der Waals surface area contributed by atoms with Gasteiger partial charge < -0.3 is 5.32 Å². The fourth-order valence-corrected chi connectivity index (χ4v) is 2.14. The Bertz CT molecular complexity index is 360. The molecule has 3 nitrogen and oxygen atoms in total. The predicted molar refractivity (Wildman–Crippen MR) is 61.2 cm³/mol. The largest absolute Gasteiger partial charge is 0.341 e. The normalized spacial score (nSPS) is 18.1. The van der Waals surface area contributed by atoms with Crippen molar-refractivity contribution in [1.82, 2.24) is 4.98 Å². The van der Waals surface area contributed by atoms with Gasteiger partial charge in [0, 0.05) is 12.2 Å². The molecule has 0 saturated carbocycles. The van der Waals surface area contributed by atoms with Gasteiger partial charge in [-0.3, -0.25) is 4.99 Å². The molecular weight excluding hydrogens is 194 g/mol. The van der Waals surface area contributed by atoms with Crippen molar-refractivity contribution in [3.8, 4) is 0 Å². The van der Waals surface area contributed by atoms with Crippen LogP contribution >= 0.6 is 11.8 Å². The molecule has 1 aromatic rings. The zero-order valence-corrected chi connectivity index (χ0v) is 9.14. The lowest BCUT2D eigenvalue weighted by Crippen LogP contribution is -2.21. The van der Waals surface area contributed by atoms with Gasteiger partial charge in [-0.2, -0.15) is 0 Å². The zero-order chi connectivity index (χ0) is 9.97. The fourth-order valence-electron chi connectivity index (χ4n) is 1.31. The van der Waals surface area contributed by atoms with Crippen molar-refractivity contribution in [2.24, 2.45) is 4.99 Å². The summed E-state index contributed by atoms with van der Waals surface area (Å²) in [6.45, 7) is 4.16. The summed E-state index contributed by atoms with van der Waals surface area (Å²) >= 11 is 1.73. The van der Waals surface area contributed by atoms with E-state index in [0.29, 0.717) is 6.04 Å². The summed E-state index contributed by atoms with van der Waals surface area (Å²) in [7, 11) is 0. The molecule has 0 atom stereocenters. The second kappa shape index (κ2) is 4.00. The number of fused-ring (bicyclic) bond motifs is 1. The summed E-state index contributed by atoms with van der Waals surface area (Å²) in [6.07, 6.45) is 1.82. The van der Waals surface area contributed by atoms with E-state index in [1.807, 2.05) is 18.3 Å². The fraction of sp³-hybridized carbons (Fsp3) is 0.400. The maximum atomic E-state index is 4.49. The van der Waals surface area contributed by atoms with Gasteiger partial charge in [-0.15, -0.1) is 0 Å². The molecule has 0 aliphatic carbocycles. The van der Waals surface area contributed by atoms with E-state index in [1.165, 1.54) is 0 Å². The molecule has 74 valence electrons. The molecule has 0 fully saturated rings. The Morgan fingerprint density at radius 2 is 2.43 bits per heavy atom. The van der Waals surface area contributed by atoms with Crippen molar-refractivity contribution in [3.05, 3.63) is 18.3 Å². The molecule has 1 aromatic heterocycles. The monoisotopic (exact) mass is 207 g/mol. The van der Waals surface area contributed by atoms with Crippen LogP contribution < -0.4 is 5.32 Å². The van der Waals surface area contributed by atoms with Crippen molar-refractivity contribution in [3.63, 3.8) is 0 Å². The maximum Gasteiger partial charge on any atom is 0.120 e. The standard InChI is InChI=1S/C10H13N3S/c1-7(2)12-9-6-14-10-8(13-9)4-3-5-11-10/h3-5,7H,6H2,1-2H3,(H,12,13). The van der Waals surface area contributed by atoms with Gasteiger partial charge in [0.2, 0.25) is 0 Å². The number of amidine groups is 1. The van der Waals surface area contributed by atoms with E-state index >= 15 is 0 Å². The van der Waals surface area contributed by atoms with Crippen molar-refractivity contribution in [2.45, 2.75) is 24.9 Å². The Morgan fingerprint density at radius 3 is 3.21 bits per heavy atom. The molecule has 0 amide bonds. The second-order valence-electron chi connectivity index (χ2n) is 3.44. The van der Waals surface area contributed by atoms with Crippen LogP contribution in [0, 0.1) is 0 Å². The van der Waals surface area contributed by atoms with E-state index in [4.69, 9.17) is 0 Å². The van der Waals surface area contributed by atoms with Crippen molar-refractivity contribution in [2.75, 3.05) is 11.1 Å². The van der Waals surface area contributed by atoms with E-state index in [2.05, 4.69) is 29.1 Å². The molecule has 0 spiro atoms. The second-order valence-corrected chi connectivity index (χ2v) is 4.40. The minimum atomic E-state index is 0.344. The number of hydrogen-bond acceptors (Lipinski definition) is 3. The van der Waals surface area contributed by atoms with Crippen molar-refractivity contribution in [1.29, 1.82) is 0 Å². The van der Waals surface area contributed by atoms with Crippen LogP contribution in [0.25, 0.3) is 0 Å². The number of anilines is 1. The molecule has 0 aromatic carbocycles. The third-order valence-electron chi connectivity index (χ3n) is 1.81. The molecule has 1 aliphatic rings. The Kier molecular flexibility index (Phi) is 2.72. The molecule has 14 heavy (non-hydrogen) atoms. The van der Waals surface area contributed by atoms with Gasteiger partial charge in [-0.25, -0.2) is 4.98 Å². The van der Waals surface area contributed by atoms with E-state index in [0.717, 1.165) is 22.3 Å². The highest BCUT2D eigenvalue weighted by Crippen LogP contribution is 2.28. The van der Waals surface area contributed by atoms with E-state index in [-0.39, 0.29) is 0 Å². The first-order valence-corrected chi connectivity index (χ1v) is 5.66. The third kappa shape index (κ3) is 2.07. The van der Waals surface area contributed by atoms with E-state index in [9.17, 15) is 0 Å². The lowest BCUT2D eigenvalue weighted by Gasteiger charge is -2.18. The average molecular weight is 207 g/mol.